The van der Waals surface area contributed by atoms with E-state index >= 15 is 0 Å². The van der Waals surface area contributed by atoms with Gasteiger partial charge in [-0.15, -0.1) is 24.8 Å². The van der Waals surface area contributed by atoms with Crippen LogP contribution in [-0.4, -0.2) is 302 Å². The molecule has 5 unspecified atom stereocenters. The number of rotatable bonds is 53. The van der Waals surface area contributed by atoms with Gasteiger partial charge in [-0.25, -0.2) is 19.4 Å². The van der Waals surface area contributed by atoms with Gasteiger partial charge in [0.2, 0.25) is 5.97 Å². The molecule has 5 atom stereocenters. The number of halogens is 3. The maximum Gasteiger partial charge on any atom is 1.00 e. The average Bonchev–Trinajstić information content (AvgIpc) is 0.880. The molecule has 5 rings (SSSR count). The SMILES string of the molecule is C.C.C.C.C.C.C.CBr.CC.CC(=O)OOC(C)=O.COCCN(CCOC)C(C)COc1c(C)cccc1C.COCCNC(C)COc1c(C)cccc1C.COCCOCCOCCOCCC=O.COCCOCCOCCOCCCNC(C)COc1c(C)cccc1C.COS(C)(=O)=O.Cc1cccc(C)c1OCC(C)N.Cc1cccc(C)c1OCC(C)N.Cl.Cl.[B-]OC(C)=O.[Na+]. The van der Waals surface area contributed by atoms with E-state index in [0.717, 1.165) is 121 Å². The van der Waals surface area contributed by atoms with E-state index < -0.39 is 28.0 Å². The Hall–Kier alpha value is -5.43. The molecule has 0 saturated carbocycles. The van der Waals surface area contributed by atoms with Gasteiger partial charge in [0, 0.05) is 119 Å². The van der Waals surface area contributed by atoms with Gasteiger partial charge in [-0.1, -0.05) is 173 Å². The molecule has 5 aromatic rings. The molecule has 0 aliphatic heterocycles. The van der Waals surface area contributed by atoms with Crippen molar-refractivity contribution in [3.05, 3.63) is 147 Å². The van der Waals surface area contributed by atoms with Crippen molar-refractivity contribution in [2.24, 2.45) is 11.5 Å². The van der Waals surface area contributed by atoms with Crippen LogP contribution in [0.4, 0.5) is 0 Å². The molecule has 0 saturated heterocycles. The maximum absolute atomic E-state index is 9.93. The van der Waals surface area contributed by atoms with Crippen molar-refractivity contribution < 1.29 is 152 Å². The number of para-hydroxylation sites is 5. The van der Waals surface area contributed by atoms with Gasteiger partial charge < -0.3 is 115 Å². The first kappa shape index (κ1) is 170. The number of ether oxygens (including phenoxy) is 16. The fourth-order valence-electron chi connectivity index (χ4n) is 9.92. The standard InChI is InChI=1S/C21H37NO5.C17H29NO3.C14H23NO2.2C11H17NO.C10H20O5.C4H6O4.C2H3BO2.C2H6O3S.C2H6.CH3Br.7CH4.2ClH.Na/c1-18-7-5-8-19(2)21(18)27-17-20(3)22-9-6-10-24-13-14-26-16-15-25-12-11-23-4;1-14-7-6-8-15(2)17(14)21-13-16(3)18(9-11-19-4)10-12-20-5;1-11-6-5-7-12(2)14(11)17-10-13(3)15-8-9-16-4;2*1-8-5-4-6-9(2)11(8)13-7-10(3)12;1-12-5-6-14-9-10-15-8-7-13-4-2-3-11;1-3(5)7-8-4(2)6;1-2(4)5-3;1-5-6(2,3)4;2*1-2;;;;;;;;;;/h5,7-8,20,22H,6,9-17H2,1-4H3;6-8,16H,9-13H2,1-5H3;5-7,13,15H,8-10H2,1-4H3;2*4-6,10H,7,12H2,1-3H3;3H,2,4-10H2,1H3;1-2H3;1H3;1-2H3;1-2H3;1H3;7*1H4;2*1H;/q;;;;;;;-1;;;;;;;;;;;;;+1. The second-order valence-corrected chi connectivity index (χ2v) is 30.5. The molecule has 817 valence electrons. The first-order valence-electron chi connectivity index (χ1n) is 43.4. The second kappa shape index (κ2) is 120. The third kappa shape index (κ3) is 110. The van der Waals surface area contributed by atoms with E-state index in [2.05, 4.69) is 175 Å². The minimum Gasteiger partial charge on any atom is -0.793 e. The number of hydrogen-bond acceptors (Lipinski definition) is 31. The molecule has 0 aliphatic carbocycles. The van der Waals surface area contributed by atoms with Crippen LogP contribution in [0.1, 0.15) is 190 Å². The third-order valence-corrected chi connectivity index (χ3v) is 17.1. The zero-order chi connectivity index (χ0) is 99.0. The molecule has 0 aromatic heterocycles. The van der Waals surface area contributed by atoms with E-state index in [1.165, 1.54) is 62.6 Å². The summed E-state index contributed by atoms with van der Waals surface area (Å²) in [6.45, 7) is 55.5. The van der Waals surface area contributed by atoms with Crippen LogP contribution in [0.15, 0.2) is 91.0 Å². The van der Waals surface area contributed by atoms with Gasteiger partial charge in [0.05, 0.1) is 119 Å². The summed E-state index contributed by atoms with van der Waals surface area (Å²) in [4.78, 5) is 49.1. The minimum absolute atomic E-state index is 0. The van der Waals surface area contributed by atoms with Crippen molar-refractivity contribution >= 4 is 83.1 Å². The smallest absolute Gasteiger partial charge is 0.793 e. The molecule has 0 spiro atoms. The van der Waals surface area contributed by atoms with E-state index in [4.69, 9.17) is 87.3 Å². The van der Waals surface area contributed by atoms with Crippen LogP contribution in [0.25, 0.3) is 0 Å². The zero-order valence-electron chi connectivity index (χ0n) is 85.3. The predicted molar refractivity (Wildman–Crippen MR) is 581 cm³/mol. The summed E-state index contributed by atoms with van der Waals surface area (Å²) in [5.74, 6) is 5.02. The Morgan fingerprint density at radius 2 is 0.612 bits per heavy atom. The predicted octanol–water partition coefficient (Wildman–Crippen LogP) is 15.6. The summed E-state index contributed by atoms with van der Waals surface area (Å²) in [5, 5.41) is 6.81. The van der Waals surface area contributed by atoms with Gasteiger partial charge in [-0.05, 0) is 178 Å². The molecule has 6 N–H and O–H groups in total. The molecule has 5 aromatic carbocycles. The zero-order valence-corrected chi connectivity index (χ0v) is 91.4. The van der Waals surface area contributed by atoms with Gasteiger partial charge in [0.25, 0.3) is 10.1 Å². The van der Waals surface area contributed by atoms with Crippen LogP contribution < -0.4 is 75.3 Å². The first-order chi connectivity index (χ1) is 61.5. The number of carbonyl (C=O) groups excluding carboxylic acids is 4. The number of carbonyl (C=O) groups is 4. The fourth-order valence-corrected chi connectivity index (χ4v) is 9.92. The van der Waals surface area contributed by atoms with E-state index in [-0.39, 0.29) is 118 Å². The van der Waals surface area contributed by atoms with Crippen molar-refractivity contribution in [3.8, 4) is 28.7 Å². The summed E-state index contributed by atoms with van der Waals surface area (Å²) < 4.78 is 113. The van der Waals surface area contributed by atoms with Crippen LogP contribution in [0.5, 0.6) is 28.7 Å². The molecule has 139 heavy (non-hydrogen) atoms. The number of methoxy groups -OCH3 is 5. The summed E-state index contributed by atoms with van der Waals surface area (Å²) in [6, 6.07) is 32.0. The number of benzene rings is 5. The Bertz CT molecular complexity index is 3420. The molecule has 0 aliphatic rings. The molecule has 3 radical (unpaired) electrons. The van der Waals surface area contributed by atoms with Gasteiger partial charge in [-0.2, -0.15) is 8.42 Å². The van der Waals surface area contributed by atoms with Crippen molar-refractivity contribution in [1.29, 1.82) is 0 Å². The summed E-state index contributed by atoms with van der Waals surface area (Å²) >= 11 is 2.94. The normalized spacial score (nSPS) is 10.6. The van der Waals surface area contributed by atoms with Crippen LogP contribution in [0.2, 0.25) is 0 Å². The average molecular weight is 2130 g/mol. The van der Waals surface area contributed by atoms with Gasteiger partial charge in [0.1, 0.15) is 68.1 Å². The quantitative estimate of drug-likeness (QED) is 0.00534. The fraction of sp³-hybridized carbons (Fsp3) is 0.667. The monoisotopic (exact) mass is 2120 g/mol. The van der Waals surface area contributed by atoms with Crippen LogP contribution in [0.3, 0.4) is 0 Å². The second-order valence-electron chi connectivity index (χ2n) is 28.8. The topological polar surface area (TPSA) is 366 Å². The number of alkyl halides is 1. The van der Waals surface area contributed by atoms with Gasteiger partial charge in [0.15, 0.2) is 0 Å². The summed E-state index contributed by atoms with van der Waals surface area (Å²) in [6.07, 6.45) is 3.24. The van der Waals surface area contributed by atoms with Crippen LogP contribution >= 0.6 is 40.7 Å². The molecule has 0 bridgehead atoms. The molecule has 0 amide bonds. The third-order valence-electron chi connectivity index (χ3n) is 16.5. The Morgan fingerprint density at radius 3 is 0.835 bits per heavy atom. The molecule has 0 heterocycles. The summed E-state index contributed by atoms with van der Waals surface area (Å²) in [7, 11) is 10.7. The largest absolute Gasteiger partial charge is 1.00 e. The molecule has 31 nitrogen and oxygen atoms in total. The van der Waals surface area contributed by atoms with Crippen molar-refractivity contribution in [2.45, 2.75) is 234 Å². The van der Waals surface area contributed by atoms with E-state index in [9.17, 15) is 27.6 Å². The Kier molecular flexibility index (Phi) is 146. The summed E-state index contributed by atoms with van der Waals surface area (Å²) in [5.41, 5.74) is 23.0. The van der Waals surface area contributed by atoms with Crippen molar-refractivity contribution in [3.63, 3.8) is 0 Å². The van der Waals surface area contributed by atoms with Gasteiger partial charge >= 0.3 is 41.5 Å². The number of aldehydes is 1. The first-order valence-corrected chi connectivity index (χ1v) is 46.8. The van der Waals surface area contributed by atoms with Crippen LogP contribution in [-0.2, 0) is 100 Å². The number of nitrogens with one attached hydrogen (secondary N) is 2. The minimum atomic E-state index is -3.16. The van der Waals surface area contributed by atoms with E-state index in [0.29, 0.717) is 143 Å². The Labute approximate surface area is 890 Å². The maximum atomic E-state index is 9.93. The van der Waals surface area contributed by atoms with Crippen LogP contribution in [0, 0.1) is 69.2 Å². The van der Waals surface area contributed by atoms with Crippen molar-refractivity contribution in [1.82, 2.24) is 15.5 Å². The number of nitrogens with zero attached hydrogens (tertiary/aromatic N) is 1. The molecular formula is C102H197BBrCl2N5NaO26S. The molecule has 37 heteroatoms. The number of aryl methyl sites for hydroxylation is 10. The molecule has 0 fully saturated rings. The van der Waals surface area contributed by atoms with Crippen molar-refractivity contribution in [2.75, 3.05) is 226 Å². The Balaban J connectivity index is -0.0000000890. The number of hydrogen-bond donors (Lipinski definition) is 4. The van der Waals surface area contributed by atoms with Gasteiger partial charge in [-0.3, -0.25) is 13.9 Å². The van der Waals surface area contributed by atoms with E-state index in [1.54, 1.807) is 35.5 Å². The number of nitrogens with two attached hydrogens (primary N) is 2. The Morgan fingerprint density at radius 1 is 0.388 bits per heavy atom. The molecular weight excluding hydrogens is 1930 g/mol. The van der Waals surface area contributed by atoms with E-state index in [1.807, 2.05) is 97.6 Å².